The lowest BCUT2D eigenvalue weighted by Crippen LogP contribution is -2.13. The van der Waals surface area contributed by atoms with Crippen molar-refractivity contribution >= 4 is 23.2 Å². The van der Waals surface area contributed by atoms with Gasteiger partial charge in [0.15, 0.2) is 0 Å². The second-order valence-corrected chi connectivity index (χ2v) is 5.65. The minimum absolute atomic E-state index is 0.164. The SMILES string of the molecule is CC[C@@H](C)c1ccc(NC(=O)c2cccc(NC(C)=O)c2)cc1. The van der Waals surface area contributed by atoms with Crippen molar-refractivity contribution in [1.82, 2.24) is 0 Å². The first-order valence-electron chi connectivity index (χ1n) is 7.78. The molecule has 0 aliphatic heterocycles. The van der Waals surface area contributed by atoms with Gasteiger partial charge in [-0.2, -0.15) is 0 Å². The molecule has 2 amide bonds. The monoisotopic (exact) mass is 310 g/mol. The van der Waals surface area contributed by atoms with Crippen LogP contribution in [0.15, 0.2) is 48.5 Å². The molecular formula is C19H22N2O2. The van der Waals surface area contributed by atoms with Crippen LogP contribution >= 0.6 is 0 Å². The molecular weight excluding hydrogens is 288 g/mol. The Kier molecular flexibility index (Phi) is 5.52. The summed E-state index contributed by atoms with van der Waals surface area (Å²) < 4.78 is 0. The summed E-state index contributed by atoms with van der Waals surface area (Å²) >= 11 is 0. The Morgan fingerprint density at radius 2 is 1.70 bits per heavy atom. The van der Waals surface area contributed by atoms with Crippen LogP contribution in [0, 0.1) is 0 Å². The van der Waals surface area contributed by atoms with E-state index in [9.17, 15) is 9.59 Å². The van der Waals surface area contributed by atoms with Crippen LogP contribution < -0.4 is 10.6 Å². The number of hydrogen-bond donors (Lipinski definition) is 2. The third-order valence-electron chi connectivity index (χ3n) is 3.80. The Balaban J connectivity index is 2.08. The van der Waals surface area contributed by atoms with Gasteiger partial charge in [0.1, 0.15) is 0 Å². The summed E-state index contributed by atoms with van der Waals surface area (Å²) in [7, 11) is 0. The smallest absolute Gasteiger partial charge is 0.255 e. The van der Waals surface area contributed by atoms with Crippen LogP contribution in [0.25, 0.3) is 0 Å². The molecule has 0 radical (unpaired) electrons. The zero-order chi connectivity index (χ0) is 16.8. The number of rotatable bonds is 5. The van der Waals surface area contributed by atoms with Crippen molar-refractivity contribution in [3.8, 4) is 0 Å². The summed E-state index contributed by atoms with van der Waals surface area (Å²) in [6.45, 7) is 5.77. The van der Waals surface area contributed by atoms with Gasteiger partial charge in [-0.05, 0) is 48.2 Å². The average Bonchev–Trinajstić information content (AvgIpc) is 2.54. The molecule has 2 aromatic carbocycles. The Hall–Kier alpha value is -2.62. The van der Waals surface area contributed by atoms with Crippen LogP contribution in [0.4, 0.5) is 11.4 Å². The maximum atomic E-state index is 12.3. The summed E-state index contributed by atoms with van der Waals surface area (Å²) in [6.07, 6.45) is 1.08. The highest BCUT2D eigenvalue weighted by Crippen LogP contribution is 2.21. The number of amides is 2. The number of carbonyl (C=O) groups is 2. The van der Waals surface area contributed by atoms with Gasteiger partial charge in [-0.3, -0.25) is 9.59 Å². The minimum atomic E-state index is -0.200. The van der Waals surface area contributed by atoms with Gasteiger partial charge in [0.05, 0.1) is 0 Å². The molecule has 0 fully saturated rings. The first-order chi connectivity index (χ1) is 11.0. The van der Waals surface area contributed by atoms with Crippen molar-refractivity contribution in [2.45, 2.75) is 33.1 Å². The van der Waals surface area contributed by atoms with E-state index in [1.807, 2.05) is 24.3 Å². The molecule has 1 atom stereocenters. The molecule has 0 unspecified atom stereocenters. The number of nitrogens with one attached hydrogen (secondary N) is 2. The number of hydrogen-bond acceptors (Lipinski definition) is 2. The van der Waals surface area contributed by atoms with E-state index < -0.39 is 0 Å². The van der Waals surface area contributed by atoms with Gasteiger partial charge in [0.25, 0.3) is 5.91 Å². The molecule has 0 spiro atoms. The second kappa shape index (κ2) is 7.58. The average molecular weight is 310 g/mol. The van der Waals surface area contributed by atoms with Crippen molar-refractivity contribution in [3.05, 3.63) is 59.7 Å². The molecule has 0 bridgehead atoms. The molecule has 2 aromatic rings. The fraction of sp³-hybridized carbons (Fsp3) is 0.263. The van der Waals surface area contributed by atoms with Crippen LogP contribution in [-0.4, -0.2) is 11.8 Å². The largest absolute Gasteiger partial charge is 0.326 e. The highest BCUT2D eigenvalue weighted by atomic mass is 16.2. The zero-order valence-electron chi connectivity index (χ0n) is 13.7. The molecule has 4 nitrogen and oxygen atoms in total. The van der Waals surface area contributed by atoms with Gasteiger partial charge in [0, 0.05) is 23.9 Å². The van der Waals surface area contributed by atoms with E-state index in [0.29, 0.717) is 17.2 Å². The molecule has 120 valence electrons. The quantitative estimate of drug-likeness (QED) is 0.859. The molecule has 0 heterocycles. The molecule has 0 saturated carbocycles. The minimum Gasteiger partial charge on any atom is -0.326 e. The van der Waals surface area contributed by atoms with E-state index in [1.54, 1.807) is 24.3 Å². The third-order valence-corrected chi connectivity index (χ3v) is 3.80. The summed E-state index contributed by atoms with van der Waals surface area (Å²) in [4.78, 5) is 23.4. The van der Waals surface area contributed by atoms with Gasteiger partial charge in [0.2, 0.25) is 5.91 Å². The van der Waals surface area contributed by atoms with E-state index in [0.717, 1.165) is 12.1 Å². The van der Waals surface area contributed by atoms with Crippen LogP contribution in [0.1, 0.15) is 49.0 Å². The third kappa shape index (κ3) is 4.68. The maximum Gasteiger partial charge on any atom is 0.255 e. The fourth-order valence-corrected chi connectivity index (χ4v) is 2.28. The first kappa shape index (κ1) is 16.7. The predicted octanol–water partition coefficient (Wildman–Crippen LogP) is 4.41. The molecule has 23 heavy (non-hydrogen) atoms. The Morgan fingerprint density at radius 3 is 2.30 bits per heavy atom. The van der Waals surface area contributed by atoms with E-state index in [4.69, 9.17) is 0 Å². The normalized spacial score (nSPS) is 11.6. The van der Waals surface area contributed by atoms with Crippen LogP contribution in [0.5, 0.6) is 0 Å². The van der Waals surface area contributed by atoms with E-state index in [1.165, 1.54) is 12.5 Å². The van der Waals surface area contributed by atoms with Gasteiger partial charge in [-0.1, -0.05) is 32.0 Å². The number of anilines is 2. The van der Waals surface area contributed by atoms with Gasteiger partial charge < -0.3 is 10.6 Å². The second-order valence-electron chi connectivity index (χ2n) is 5.65. The lowest BCUT2D eigenvalue weighted by atomic mass is 9.98. The van der Waals surface area contributed by atoms with Crippen molar-refractivity contribution in [3.63, 3.8) is 0 Å². The summed E-state index contributed by atoms with van der Waals surface area (Å²) in [5, 5.41) is 5.54. The van der Waals surface area contributed by atoms with Crippen molar-refractivity contribution < 1.29 is 9.59 Å². The Bertz CT molecular complexity index is 693. The Morgan fingerprint density at radius 1 is 1.00 bits per heavy atom. The lowest BCUT2D eigenvalue weighted by molar-refractivity contribution is -0.114. The van der Waals surface area contributed by atoms with E-state index in [2.05, 4.69) is 24.5 Å². The molecule has 0 aliphatic carbocycles. The molecule has 2 N–H and O–H groups in total. The summed E-state index contributed by atoms with van der Waals surface area (Å²) in [6, 6.07) is 14.8. The van der Waals surface area contributed by atoms with Crippen molar-refractivity contribution in [2.24, 2.45) is 0 Å². The lowest BCUT2D eigenvalue weighted by Gasteiger charge is -2.11. The predicted molar refractivity (Wildman–Crippen MR) is 93.8 cm³/mol. The fourth-order valence-electron chi connectivity index (χ4n) is 2.28. The van der Waals surface area contributed by atoms with Crippen LogP contribution in [0.3, 0.4) is 0 Å². The van der Waals surface area contributed by atoms with Gasteiger partial charge >= 0.3 is 0 Å². The number of carbonyl (C=O) groups excluding carboxylic acids is 2. The van der Waals surface area contributed by atoms with Gasteiger partial charge in [-0.15, -0.1) is 0 Å². The van der Waals surface area contributed by atoms with Crippen molar-refractivity contribution in [2.75, 3.05) is 10.6 Å². The molecule has 4 heteroatoms. The standard InChI is InChI=1S/C19H22N2O2/c1-4-13(2)15-8-10-17(11-9-15)21-19(23)16-6-5-7-18(12-16)20-14(3)22/h5-13H,4H2,1-3H3,(H,20,22)(H,21,23)/t13-/m1/s1. The first-order valence-corrected chi connectivity index (χ1v) is 7.78. The summed E-state index contributed by atoms with van der Waals surface area (Å²) in [5.74, 6) is 0.144. The molecule has 0 aliphatic rings. The maximum absolute atomic E-state index is 12.3. The topological polar surface area (TPSA) is 58.2 Å². The molecule has 2 rings (SSSR count). The number of benzene rings is 2. The Labute approximate surface area is 136 Å². The zero-order valence-corrected chi connectivity index (χ0v) is 13.7. The van der Waals surface area contributed by atoms with Gasteiger partial charge in [-0.25, -0.2) is 0 Å². The highest BCUT2D eigenvalue weighted by Gasteiger charge is 2.08. The van der Waals surface area contributed by atoms with Crippen molar-refractivity contribution in [1.29, 1.82) is 0 Å². The highest BCUT2D eigenvalue weighted by molar-refractivity contribution is 6.05. The van der Waals surface area contributed by atoms with E-state index in [-0.39, 0.29) is 11.8 Å². The van der Waals surface area contributed by atoms with Crippen LogP contribution in [0.2, 0.25) is 0 Å². The summed E-state index contributed by atoms with van der Waals surface area (Å²) in [5.41, 5.74) is 3.13. The van der Waals surface area contributed by atoms with E-state index >= 15 is 0 Å². The molecule has 0 aromatic heterocycles. The molecule has 0 saturated heterocycles. The van der Waals surface area contributed by atoms with Crippen LogP contribution in [-0.2, 0) is 4.79 Å².